The summed E-state index contributed by atoms with van der Waals surface area (Å²) in [6.45, 7) is 13.3. The molecule has 118 valence electrons. The van der Waals surface area contributed by atoms with Gasteiger partial charge in [-0.1, -0.05) is 13.8 Å². The normalized spacial score (nSPS) is 15.9. The number of nitrogens with zero attached hydrogens (tertiary/aromatic N) is 1. The summed E-state index contributed by atoms with van der Waals surface area (Å²) < 4.78 is 5.32. The van der Waals surface area contributed by atoms with Gasteiger partial charge in [-0.05, 0) is 38.7 Å². The van der Waals surface area contributed by atoms with Crippen LogP contribution in [0.2, 0.25) is 0 Å². The van der Waals surface area contributed by atoms with Crippen molar-refractivity contribution in [3.05, 3.63) is 15.8 Å². The molecule has 2 rings (SSSR count). The molecule has 4 nitrogen and oxygen atoms in total. The smallest absolute Gasteiger partial charge is 0.412 e. The second-order valence-electron chi connectivity index (χ2n) is 7.06. The summed E-state index contributed by atoms with van der Waals surface area (Å²) in [5.74, 6) is 0.686. The van der Waals surface area contributed by atoms with E-state index in [0.717, 1.165) is 31.7 Å². The van der Waals surface area contributed by atoms with Gasteiger partial charge in [0.2, 0.25) is 0 Å². The highest BCUT2D eigenvalue weighted by Crippen LogP contribution is 2.32. The maximum atomic E-state index is 11.9. The number of anilines is 1. The molecule has 0 spiro atoms. The minimum absolute atomic E-state index is 0.368. The fraction of sp³-hybridized carbons (Fsp3) is 0.688. The van der Waals surface area contributed by atoms with Crippen LogP contribution in [0.5, 0.6) is 0 Å². The quantitative estimate of drug-likeness (QED) is 0.913. The predicted molar refractivity (Wildman–Crippen MR) is 88.0 cm³/mol. The molecule has 0 atom stereocenters. The largest absolute Gasteiger partial charge is 0.444 e. The van der Waals surface area contributed by atoms with Gasteiger partial charge >= 0.3 is 6.09 Å². The number of rotatable bonds is 3. The molecule has 1 aliphatic heterocycles. The highest BCUT2D eigenvalue weighted by Gasteiger charge is 2.23. The SMILES string of the molecule is CC(C)CN1CCc2c(NC(=O)OC(C)(C)C)csc2C1. The van der Waals surface area contributed by atoms with Crippen LogP contribution in [0, 0.1) is 5.92 Å². The summed E-state index contributed by atoms with van der Waals surface area (Å²) in [4.78, 5) is 15.7. The molecule has 1 N–H and O–H groups in total. The van der Waals surface area contributed by atoms with E-state index in [2.05, 4.69) is 24.1 Å². The lowest BCUT2D eigenvalue weighted by Gasteiger charge is -2.28. The molecule has 0 fully saturated rings. The van der Waals surface area contributed by atoms with Crippen LogP contribution in [0.25, 0.3) is 0 Å². The average Bonchev–Trinajstić information content (AvgIpc) is 2.68. The molecule has 21 heavy (non-hydrogen) atoms. The molecular formula is C16H26N2O2S. The first-order chi connectivity index (χ1) is 9.74. The number of amides is 1. The minimum atomic E-state index is -0.464. The standard InChI is InChI=1S/C16H26N2O2S/c1-11(2)8-18-7-6-12-13(10-21-14(12)9-18)17-15(19)20-16(3,4)5/h10-11H,6-9H2,1-5H3,(H,17,19). The van der Waals surface area contributed by atoms with Crippen molar-refractivity contribution in [2.24, 2.45) is 5.92 Å². The van der Waals surface area contributed by atoms with Crippen LogP contribution in [0.4, 0.5) is 10.5 Å². The first-order valence-corrected chi connectivity index (χ1v) is 8.44. The van der Waals surface area contributed by atoms with Gasteiger partial charge in [-0.2, -0.15) is 0 Å². The molecule has 1 aromatic rings. The molecule has 0 bridgehead atoms. The monoisotopic (exact) mass is 310 g/mol. The number of nitrogens with one attached hydrogen (secondary N) is 1. The molecule has 0 saturated carbocycles. The average molecular weight is 310 g/mol. The number of carbonyl (C=O) groups is 1. The van der Waals surface area contributed by atoms with Crippen LogP contribution in [-0.4, -0.2) is 29.7 Å². The van der Waals surface area contributed by atoms with E-state index in [0.29, 0.717) is 5.92 Å². The second-order valence-corrected chi connectivity index (χ2v) is 8.02. The fourth-order valence-electron chi connectivity index (χ4n) is 2.57. The molecule has 0 aromatic carbocycles. The number of carbonyl (C=O) groups excluding carboxylic acids is 1. The van der Waals surface area contributed by atoms with Crippen molar-refractivity contribution >= 4 is 23.1 Å². The van der Waals surface area contributed by atoms with Gasteiger partial charge in [0.05, 0.1) is 5.69 Å². The van der Waals surface area contributed by atoms with Crippen molar-refractivity contribution < 1.29 is 9.53 Å². The number of ether oxygens (including phenoxy) is 1. The number of hydrogen-bond donors (Lipinski definition) is 1. The molecule has 0 aliphatic carbocycles. The molecular weight excluding hydrogens is 284 g/mol. The van der Waals surface area contributed by atoms with E-state index < -0.39 is 5.60 Å². The van der Waals surface area contributed by atoms with E-state index in [9.17, 15) is 4.79 Å². The Morgan fingerprint density at radius 3 is 2.81 bits per heavy atom. The summed E-state index contributed by atoms with van der Waals surface area (Å²) in [6.07, 6.45) is 0.629. The third-order valence-corrected chi connectivity index (χ3v) is 4.30. The molecule has 5 heteroatoms. The van der Waals surface area contributed by atoms with E-state index in [1.165, 1.54) is 10.4 Å². The Morgan fingerprint density at radius 1 is 1.48 bits per heavy atom. The van der Waals surface area contributed by atoms with Gasteiger partial charge in [-0.3, -0.25) is 10.2 Å². The third kappa shape index (κ3) is 4.71. The van der Waals surface area contributed by atoms with Gasteiger partial charge < -0.3 is 4.74 Å². The Kier molecular flexibility index (Phi) is 4.94. The zero-order chi connectivity index (χ0) is 15.6. The van der Waals surface area contributed by atoms with E-state index >= 15 is 0 Å². The highest BCUT2D eigenvalue weighted by molar-refractivity contribution is 7.10. The lowest BCUT2D eigenvalue weighted by Crippen LogP contribution is -2.33. The van der Waals surface area contributed by atoms with Crippen molar-refractivity contribution in [1.29, 1.82) is 0 Å². The molecule has 0 unspecified atom stereocenters. The van der Waals surface area contributed by atoms with E-state index in [1.54, 1.807) is 11.3 Å². The maximum absolute atomic E-state index is 11.9. The minimum Gasteiger partial charge on any atom is -0.444 e. The van der Waals surface area contributed by atoms with Crippen molar-refractivity contribution in [1.82, 2.24) is 4.90 Å². The van der Waals surface area contributed by atoms with Gasteiger partial charge in [0.1, 0.15) is 5.60 Å². The van der Waals surface area contributed by atoms with Crippen LogP contribution in [0.3, 0.4) is 0 Å². The Labute approximate surface area is 131 Å². The van der Waals surface area contributed by atoms with Gasteiger partial charge in [0.15, 0.2) is 0 Å². The molecule has 1 aliphatic rings. The lowest BCUT2D eigenvalue weighted by molar-refractivity contribution is 0.0636. The lowest BCUT2D eigenvalue weighted by atomic mass is 10.1. The van der Waals surface area contributed by atoms with Gasteiger partial charge in [0, 0.05) is 29.9 Å². The fourth-order valence-corrected chi connectivity index (χ4v) is 3.64. The zero-order valence-corrected chi connectivity index (χ0v) is 14.5. The summed E-state index contributed by atoms with van der Waals surface area (Å²) in [5, 5.41) is 4.93. The molecule has 0 saturated heterocycles. The molecule has 1 aromatic heterocycles. The van der Waals surface area contributed by atoms with Crippen molar-refractivity contribution in [2.75, 3.05) is 18.4 Å². The van der Waals surface area contributed by atoms with Gasteiger partial charge in [-0.15, -0.1) is 11.3 Å². The Bertz CT molecular complexity index is 503. The van der Waals surface area contributed by atoms with Crippen LogP contribution < -0.4 is 5.32 Å². The Morgan fingerprint density at radius 2 is 2.19 bits per heavy atom. The first-order valence-electron chi connectivity index (χ1n) is 7.56. The molecule has 2 heterocycles. The van der Waals surface area contributed by atoms with Crippen LogP contribution in [-0.2, 0) is 17.7 Å². The molecule has 1 amide bonds. The number of hydrogen-bond acceptors (Lipinski definition) is 4. The summed E-state index contributed by atoms with van der Waals surface area (Å²) >= 11 is 1.73. The predicted octanol–water partition coefficient (Wildman–Crippen LogP) is 4.11. The second kappa shape index (κ2) is 6.36. The van der Waals surface area contributed by atoms with Crippen LogP contribution in [0.15, 0.2) is 5.38 Å². The van der Waals surface area contributed by atoms with Crippen molar-refractivity contribution in [3.8, 4) is 0 Å². The van der Waals surface area contributed by atoms with E-state index in [4.69, 9.17) is 4.74 Å². The number of thiophene rings is 1. The zero-order valence-electron chi connectivity index (χ0n) is 13.7. The van der Waals surface area contributed by atoms with E-state index in [-0.39, 0.29) is 6.09 Å². The number of fused-ring (bicyclic) bond motifs is 1. The summed E-state index contributed by atoms with van der Waals surface area (Å²) in [5.41, 5.74) is 1.74. The van der Waals surface area contributed by atoms with Crippen LogP contribution >= 0.6 is 11.3 Å². The summed E-state index contributed by atoms with van der Waals surface area (Å²) in [6, 6.07) is 0. The van der Waals surface area contributed by atoms with Crippen molar-refractivity contribution in [2.45, 2.75) is 53.2 Å². The Hall–Kier alpha value is -1.07. The van der Waals surface area contributed by atoms with Gasteiger partial charge in [-0.25, -0.2) is 4.79 Å². The first kappa shape index (κ1) is 16.3. The maximum Gasteiger partial charge on any atom is 0.412 e. The van der Waals surface area contributed by atoms with Crippen molar-refractivity contribution in [3.63, 3.8) is 0 Å². The topological polar surface area (TPSA) is 41.6 Å². The summed E-state index contributed by atoms with van der Waals surface area (Å²) in [7, 11) is 0. The Balaban J connectivity index is 2.00. The van der Waals surface area contributed by atoms with E-state index in [1.807, 2.05) is 26.2 Å². The van der Waals surface area contributed by atoms with Gasteiger partial charge in [0.25, 0.3) is 0 Å². The highest BCUT2D eigenvalue weighted by atomic mass is 32.1. The van der Waals surface area contributed by atoms with Crippen LogP contribution in [0.1, 0.15) is 45.1 Å². The molecule has 0 radical (unpaired) electrons. The third-order valence-electron chi connectivity index (χ3n) is 3.28.